The highest BCUT2D eigenvalue weighted by atomic mass is 19.1. The molecule has 0 aromatic carbocycles. The fourth-order valence-electron chi connectivity index (χ4n) is 1.33. The number of halogens is 1. The van der Waals surface area contributed by atoms with Gasteiger partial charge in [0.25, 0.3) is 0 Å². The predicted octanol–water partition coefficient (Wildman–Crippen LogP) is 2.28. The zero-order chi connectivity index (χ0) is 7.78. The first kappa shape index (κ1) is 7.53. The standard InChI is InChI=1S/C8H12FN/c1-6(2)7-3-8(9,4-7)5-10/h6-7H,3-4H2,1-2H3. The summed E-state index contributed by atoms with van der Waals surface area (Å²) < 4.78 is 12.9. The molecule has 0 bridgehead atoms. The molecule has 0 unspecified atom stereocenters. The molecule has 0 aromatic rings. The van der Waals surface area contributed by atoms with E-state index in [1.165, 1.54) is 0 Å². The summed E-state index contributed by atoms with van der Waals surface area (Å²) in [5.74, 6) is 0.960. The number of hydrogen-bond donors (Lipinski definition) is 0. The first-order valence-corrected chi connectivity index (χ1v) is 3.67. The van der Waals surface area contributed by atoms with Gasteiger partial charge in [-0.3, -0.25) is 0 Å². The number of rotatable bonds is 1. The monoisotopic (exact) mass is 141 g/mol. The molecule has 0 aliphatic heterocycles. The quantitative estimate of drug-likeness (QED) is 0.549. The maximum Gasteiger partial charge on any atom is 0.196 e. The Kier molecular flexibility index (Phi) is 1.68. The molecule has 2 heteroatoms. The zero-order valence-electron chi connectivity index (χ0n) is 6.39. The van der Waals surface area contributed by atoms with Crippen molar-refractivity contribution in [1.29, 1.82) is 5.26 Å². The van der Waals surface area contributed by atoms with Gasteiger partial charge in [0.15, 0.2) is 5.67 Å². The van der Waals surface area contributed by atoms with Crippen LogP contribution in [-0.2, 0) is 0 Å². The molecular weight excluding hydrogens is 129 g/mol. The molecule has 0 amide bonds. The molecule has 0 N–H and O–H groups in total. The summed E-state index contributed by atoms with van der Waals surface area (Å²) in [7, 11) is 0. The Bertz CT molecular complexity index is 163. The first-order valence-electron chi connectivity index (χ1n) is 3.67. The summed E-state index contributed by atoms with van der Waals surface area (Å²) in [6.45, 7) is 4.14. The summed E-state index contributed by atoms with van der Waals surface area (Å²) in [6.07, 6.45) is 0.891. The van der Waals surface area contributed by atoms with Crippen LogP contribution in [0.4, 0.5) is 4.39 Å². The summed E-state index contributed by atoms with van der Waals surface area (Å²) in [4.78, 5) is 0. The van der Waals surface area contributed by atoms with Crippen molar-refractivity contribution in [3.63, 3.8) is 0 Å². The third-order valence-corrected chi connectivity index (χ3v) is 2.31. The van der Waals surface area contributed by atoms with E-state index >= 15 is 0 Å². The molecule has 0 spiro atoms. The minimum atomic E-state index is -1.48. The highest BCUT2D eigenvalue weighted by molar-refractivity contribution is 5.10. The second-order valence-corrected chi connectivity index (χ2v) is 3.49. The molecular formula is C8H12FN. The molecule has 0 heterocycles. The molecule has 1 nitrogen and oxygen atoms in total. The van der Waals surface area contributed by atoms with Gasteiger partial charge in [0.2, 0.25) is 0 Å². The van der Waals surface area contributed by atoms with Crippen LogP contribution in [0.5, 0.6) is 0 Å². The Morgan fingerprint density at radius 1 is 1.60 bits per heavy atom. The molecule has 56 valence electrons. The minimum Gasteiger partial charge on any atom is -0.227 e. The lowest BCUT2D eigenvalue weighted by Crippen LogP contribution is -2.40. The van der Waals surface area contributed by atoms with E-state index in [1.54, 1.807) is 6.07 Å². The number of alkyl halides is 1. The highest BCUT2D eigenvalue weighted by Crippen LogP contribution is 2.44. The van der Waals surface area contributed by atoms with Gasteiger partial charge in [0.05, 0.1) is 0 Å². The Morgan fingerprint density at radius 3 is 2.40 bits per heavy atom. The summed E-state index contributed by atoms with van der Waals surface area (Å²) >= 11 is 0. The van der Waals surface area contributed by atoms with Crippen LogP contribution in [0.1, 0.15) is 26.7 Å². The first-order chi connectivity index (χ1) is 4.57. The Labute approximate surface area is 60.8 Å². The van der Waals surface area contributed by atoms with Crippen molar-refractivity contribution >= 4 is 0 Å². The topological polar surface area (TPSA) is 23.8 Å². The van der Waals surface area contributed by atoms with Crippen molar-refractivity contribution in [3.05, 3.63) is 0 Å². The van der Waals surface area contributed by atoms with Crippen molar-refractivity contribution in [2.45, 2.75) is 32.4 Å². The second-order valence-electron chi connectivity index (χ2n) is 3.49. The van der Waals surface area contributed by atoms with E-state index in [0.717, 1.165) is 0 Å². The van der Waals surface area contributed by atoms with E-state index in [9.17, 15) is 4.39 Å². The van der Waals surface area contributed by atoms with Crippen LogP contribution in [0.3, 0.4) is 0 Å². The molecule has 1 aliphatic carbocycles. The lowest BCUT2D eigenvalue weighted by molar-refractivity contribution is 0.0351. The van der Waals surface area contributed by atoms with Crippen molar-refractivity contribution in [2.24, 2.45) is 11.8 Å². The second kappa shape index (κ2) is 2.23. The van der Waals surface area contributed by atoms with Gasteiger partial charge in [0.1, 0.15) is 6.07 Å². The van der Waals surface area contributed by atoms with E-state index in [1.807, 2.05) is 0 Å². The molecule has 0 atom stereocenters. The van der Waals surface area contributed by atoms with Crippen molar-refractivity contribution < 1.29 is 4.39 Å². The van der Waals surface area contributed by atoms with Gasteiger partial charge in [-0.15, -0.1) is 0 Å². The van der Waals surface area contributed by atoms with Gasteiger partial charge in [-0.25, -0.2) is 4.39 Å². The van der Waals surface area contributed by atoms with E-state index in [0.29, 0.717) is 24.7 Å². The van der Waals surface area contributed by atoms with Crippen molar-refractivity contribution in [2.75, 3.05) is 0 Å². The van der Waals surface area contributed by atoms with E-state index in [-0.39, 0.29) is 0 Å². The van der Waals surface area contributed by atoms with Crippen LogP contribution in [-0.4, -0.2) is 5.67 Å². The molecule has 0 saturated heterocycles. The molecule has 10 heavy (non-hydrogen) atoms. The Morgan fingerprint density at radius 2 is 2.10 bits per heavy atom. The van der Waals surface area contributed by atoms with Crippen LogP contribution < -0.4 is 0 Å². The summed E-state index contributed by atoms with van der Waals surface area (Å²) in [6, 6.07) is 1.70. The zero-order valence-corrected chi connectivity index (χ0v) is 6.39. The average molecular weight is 141 g/mol. The van der Waals surface area contributed by atoms with Gasteiger partial charge in [-0.1, -0.05) is 13.8 Å². The predicted molar refractivity (Wildman–Crippen MR) is 37.0 cm³/mol. The molecule has 1 rings (SSSR count). The maximum atomic E-state index is 12.9. The van der Waals surface area contributed by atoms with Gasteiger partial charge < -0.3 is 0 Å². The van der Waals surface area contributed by atoms with Crippen molar-refractivity contribution in [3.8, 4) is 6.07 Å². The summed E-state index contributed by atoms with van der Waals surface area (Å²) in [5.41, 5.74) is -1.48. The lowest BCUT2D eigenvalue weighted by atomic mass is 9.68. The fourth-order valence-corrected chi connectivity index (χ4v) is 1.33. The minimum absolute atomic E-state index is 0.435. The fraction of sp³-hybridized carbons (Fsp3) is 0.875. The number of nitriles is 1. The van der Waals surface area contributed by atoms with Crippen molar-refractivity contribution in [1.82, 2.24) is 0 Å². The van der Waals surface area contributed by atoms with Crippen LogP contribution in [0.2, 0.25) is 0 Å². The molecule has 1 aliphatic rings. The normalized spacial score (nSPS) is 38.9. The molecule has 1 saturated carbocycles. The molecule has 1 fully saturated rings. The third kappa shape index (κ3) is 1.13. The van der Waals surface area contributed by atoms with E-state index in [4.69, 9.17) is 5.26 Å². The Hall–Kier alpha value is -0.580. The third-order valence-electron chi connectivity index (χ3n) is 2.31. The van der Waals surface area contributed by atoms with E-state index in [2.05, 4.69) is 13.8 Å². The van der Waals surface area contributed by atoms with Gasteiger partial charge in [0, 0.05) is 0 Å². The maximum absolute atomic E-state index is 12.9. The lowest BCUT2D eigenvalue weighted by Gasteiger charge is -2.38. The largest absolute Gasteiger partial charge is 0.227 e. The van der Waals surface area contributed by atoms with Gasteiger partial charge >= 0.3 is 0 Å². The van der Waals surface area contributed by atoms with Gasteiger partial charge in [-0.2, -0.15) is 5.26 Å². The smallest absolute Gasteiger partial charge is 0.196 e. The SMILES string of the molecule is CC(C)C1CC(F)(C#N)C1. The molecule has 0 aromatic heterocycles. The van der Waals surface area contributed by atoms with E-state index < -0.39 is 5.67 Å². The van der Waals surface area contributed by atoms with Gasteiger partial charge in [-0.05, 0) is 24.7 Å². The van der Waals surface area contributed by atoms with Crippen LogP contribution in [0.15, 0.2) is 0 Å². The Balaban J connectivity index is 2.38. The summed E-state index contributed by atoms with van der Waals surface area (Å²) in [5, 5.41) is 8.32. The number of hydrogen-bond acceptors (Lipinski definition) is 1. The number of nitrogens with zero attached hydrogens (tertiary/aromatic N) is 1. The van der Waals surface area contributed by atoms with Crippen LogP contribution >= 0.6 is 0 Å². The van der Waals surface area contributed by atoms with Crippen LogP contribution in [0, 0.1) is 23.2 Å². The van der Waals surface area contributed by atoms with Crippen LogP contribution in [0.25, 0.3) is 0 Å². The molecule has 0 radical (unpaired) electrons. The average Bonchev–Trinajstić information content (AvgIpc) is 1.80. The highest BCUT2D eigenvalue weighted by Gasteiger charge is 2.46.